The smallest absolute Gasteiger partial charge is 0.239 e. The van der Waals surface area contributed by atoms with Crippen molar-refractivity contribution in [2.24, 2.45) is 5.92 Å². The minimum atomic E-state index is -0.0881. The number of nitrogens with one attached hydrogen (secondary N) is 2. The SMILES string of the molecule is Cc1ccc(-n2nc(C)cc2NC(=O)CN[C@H](c2ccccc2)C(C)C)cc1. The topological polar surface area (TPSA) is 59.0 Å². The first-order chi connectivity index (χ1) is 13.4. The molecular weight excluding hydrogens is 348 g/mol. The van der Waals surface area contributed by atoms with E-state index in [-0.39, 0.29) is 18.5 Å². The van der Waals surface area contributed by atoms with Crippen LogP contribution in [0.2, 0.25) is 0 Å². The Bertz CT molecular complexity index is 914. The predicted octanol–water partition coefficient (Wildman–Crippen LogP) is 4.41. The average Bonchev–Trinajstić information content (AvgIpc) is 3.03. The summed E-state index contributed by atoms with van der Waals surface area (Å²) in [5.74, 6) is 0.958. The minimum absolute atomic E-state index is 0.0881. The molecule has 2 aromatic carbocycles. The van der Waals surface area contributed by atoms with E-state index in [1.54, 1.807) is 4.68 Å². The lowest BCUT2D eigenvalue weighted by molar-refractivity contribution is -0.115. The van der Waals surface area contributed by atoms with Crippen LogP contribution in [0, 0.1) is 19.8 Å². The maximum atomic E-state index is 12.6. The Hall–Kier alpha value is -2.92. The molecule has 5 nitrogen and oxygen atoms in total. The van der Waals surface area contributed by atoms with Crippen LogP contribution in [-0.2, 0) is 4.79 Å². The van der Waals surface area contributed by atoms with Gasteiger partial charge in [0.25, 0.3) is 0 Å². The van der Waals surface area contributed by atoms with Gasteiger partial charge in [0.15, 0.2) is 0 Å². The summed E-state index contributed by atoms with van der Waals surface area (Å²) < 4.78 is 1.77. The second-order valence-electron chi connectivity index (χ2n) is 7.48. The second kappa shape index (κ2) is 8.85. The van der Waals surface area contributed by atoms with E-state index in [2.05, 4.69) is 41.7 Å². The number of aromatic nitrogens is 2. The number of aryl methyl sites for hydroxylation is 2. The molecule has 2 N–H and O–H groups in total. The standard InChI is InChI=1S/C23H28N4O/c1-16(2)23(19-8-6-5-7-9-19)24-15-22(28)25-21-14-18(4)26-27(21)20-12-10-17(3)11-13-20/h5-14,16,23-24H,15H2,1-4H3,(H,25,28)/t23-/m0/s1. The summed E-state index contributed by atoms with van der Waals surface area (Å²) in [6, 6.07) is 20.3. The van der Waals surface area contributed by atoms with Crippen LogP contribution in [0.25, 0.3) is 5.69 Å². The van der Waals surface area contributed by atoms with Crippen molar-refractivity contribution in [3.8, 4) is 5.69 Å². The van der Waals surface area contributed by atoms with Crippen molar-refractivity contribution >= 4 is 11.7 Å². The molecule has 28 heavy (non-hydrogen) atoms. The first-order valence-corrected chi connectivity index (χ1v) is 9.66. The van der Waals surface area contributed by atoms with Gasteiger partial charge in [0.1, 0.15) is 5.82 Å². The van der Waals surface area contributed by atoms with Crippen molar-refractivity contribution in [2.45, 2.75) is 33.7 Å². The van der Waals surface area contributed by atoms with E-state index >= 15 is 0 Å². The van der Waals surface area contributed by atoms with E-state index in [0.717, 1.165) is 11.4 Å². The van der Waals surface area contributed by atoms with Gasteiger partial charge in [-0.25, -0.2) is 4.68 Å². The molecule has 3 aromatic rings. The second-order valence-corrected chi connectivity index (χ2v) is 7.48. The van der Waals surface area contributed by atoms with Gasteiger partial charge in [-0.3, -0.25) is 4.79 Å². The number of rotatable bonds is 7. The zero-order chi connectivity index (χ0) is 20.1. The molecule has 0 spiro atoms. The summed E-state index contributed by atoms with van der Waals surface area (Å²) in [6.45, 7) is 8.50. The van der Waals surface area contributed by atoms with Crippen LogP contribution in [0.3, 0.4) is 0 Å². The molecule has 1 amide bonds. The van der Waals surface area contributed by atoms with Gasteiger partial charge in [-0.15, -0.1) is 0 Å². The molecule has 1 atom stereocenters. The molecule has 0 bridgehead atoms. The number of carbonyl (C=O) groups is 1. The highest BCUT2D eigenvalue weighted by Gasteiger charge is 2.17. The molecule has 1 heterocycles. The Balaban J connectivity index is 1.69. The Kier molecular flexibility index (Phi) is 6.26. The van der Waals surface area contributed by atoms with Crippen molar-refractivity contribution in [1.82, 2.24) is 15.1 Å². The molecule has 146 valence electrons. The summed E-state index contributed by atoms with van der Waals surface area (Å²) >= 11 is 0. The fraction of sp³-hybridized carbons (Fsp3) is 0.304. The first kappa shape index (κ1) is 19.8. The molecule has 0 fully saturated rings. The summed E-state index contributed by atoms with van der Waals surface area (Å²) in [5.41, 5.74) is 4.15. The predicted molar refractivity (Wildman–Crippen MR) is 114 cm³/mol. The maximum absolute atomic E-state index is 12.6. The average molecular weight is 377 g/mol. The Morgan fingerprint density at radius 2 is 1.71 bits per heavy atom. The third-order valence-corrected chi connectivity index (χ3v) is 4.69. The van der Waals surface area contributed by atoms with Gasteiger partial charge in [-0.05, 0) is 37.5 Å². The molecule has 0 aliphatic heterocycles. The summed E-state index contributed by atoms with van der Waals surface area (Å²) in [6.07, 6.45) is 0. The van der Waals surface area contributed by atoms with Crippen molar-refractivity contribution in [1.29, 1.82) is 0 Å². The maximum Gasteiger partial charge on any atom is 0.239 e. The Morgan fingerprint density at radius 3 is 2.36 bits per heavy atom. The van der Waals surface area contributed by atoms with Gasteiger partial charge in [-0.2, -0.15) is 5.10 Å². The third kappa shape index (κ3) is 4.87. The van der Waals surface area contributed by atoms with Crippen LogP contribution in [0.15, 0.2) is 60.7 Å². The molecule has 0 aliphatic rings. The van der Waals surface area contributed by atoms with Crippen LogP contribution < -0.4 is 10.6 Å². The number of amides is 1. The Labute approximate surface area is 166 Å². The monoisotopic (exact) mass is 376 g/mol. The van der Waals surface area contributed by atoms with Crippen molar-refractivity contribution in [3.05, 3.63) is 77.5 Å². The summed E-state index contributed by atoms with van der Waals surface area (Å²) in [4.78, 5) is 12.6. The lowest BCUT2D eigenvalue weighted by Gasteiger charge is -2.22. The first-order valence-electron chi connectivity index (χ1n) is 9.66. The van der Waals surface area contributed by atoms with E-state index in [1.165, 1.54) is 11.1 Å². The van der Waals surface area contributed by atoms with Crippen LogP contribution in [0.5, 0.6) is 0 Å². The quantitative estimate of drug-likeness (QED) is 0.642. The number of nitrogens with zero attached hydrogens (tertiary/aromatic N) is 2. The highest BCUT2D eigenvalue weighted by molar-refractivity contribution is 5.91. The van der Waals surface area contributed by atoms with Gasteiger partial charge < -0.3 is 10.6 Å². The van der Waals surface area contributed by atoms with E-state index in [9.17, 15) is 4.79 Å². The fourth-order valence-corrected chi connectivity index (χ4v) is 3.26. The van der Waals surface area contributed by atoms with Gasteiger partial charge in [-0.1, -0.05) is 61.9 Å². The van der Waals surface area contributed by atoms with Crippen molar-refractivity contribution in [3.63, 3.8) is 0 Å². The molecule has 0 saturated heterocycles. The normalized spacial score (nSPS) is 12.2. The van der Waals surface area contributed by atoms with E-state index in [1.807, 2.05) is 62.4 Å². The highest BCUT2D eigenvalue weighted by Crippen LogP contribution is 2.21. The molecule has 0 radical (unpaired) electrons. The van der Waals surface area contributed by atoms with Gasteiger partial charge in [0.2, 0.25) is 5.91 Å². The van der Waals surface area contributed by atoms with Crippen LogP contribution in [-0.4, -0.2) is 22.2 Å². The number of benzene rings is 2. The number of hydrogen-bond donors (Lipinski definition) is 2. The van der Waals surface area contributed by atoms with Crippen LogP contribution in [0.4, 0.5) is 5.82 Å². The number of hydrogen-bond acceptors (Lipinski definition) is 3. The zero-order valence-corrected chi connectivity index (χ0v) is 16.9. The highest BCUT2D eigenvalue weighted by atomic mass is 16.2. The lowest BCUT2D eigenvalue weighted by Crippen LogP contribution is -2.34. The molecule has 0 aliphatic carbocycles. The molecule has 3 rings (SSSR count). The van der Waals surface area contributed by atoms with E-state index < -0.39 is 0 Å². The largest absolute Gasteiger partial charge is 0.309 e. The van der Waals surface area contributed by atoms with Crippen molar-refractivity contribution in [2.75, 3.05) is 11.9 Å². The molecule has 1 aromatic heterocycles. The number of anilines is 1. The molecule has 0 saturated carbocycles. The third-order valence-electron chi connectivity index (χ3n) is 4.69. The Morgan fingerprint density at radius 1 is 1.04 bits per heavy atom. The van der Waals surface area contributed by atoms with Crippen molar-refractivity contribution < 1.29 is 4.79 Å². The molecular formula is C23H28N4O. The van der Waals surface area contributed by atoms with Crippen LogP contribution in [0.1, 0.15) is 36.7 Å². The molecule has 0 unspecified atom stereocenters. The van der Waals surface area contributed by atoms with E-state index in [4.69, 9.17) is 0 Å². The summed E-state index contributed by atoms with van der Waals surface area (Å²) in [5, 5.41) is 10.9. The van der Waals surface area contributed by atoms with Gasteiger partial charge in [0.05, 0.1) is 17.9 Å². The van der Waals surface area contributed by atoms with E-state index in [0.29, 0.717) is 11.7 Å². The number of carbonyl (C=O) groups excluding carboxylic acids is 1. The lowest BCUT2D eigenvalue weighted by atomic mass is 9.96. The molecule has 5 heteroatoms. The fourth-order valence-electron chi connectivity index (χ4n) is 3.26. The minimum Gasteiger partial charge on any atom is -0.309 e. The van der Waals surface area contributed by atoms with Gasteiger partial charge >= 0.3 is 0 Å². The van der Waals surface area contributed by atoms with Crippen LogP contribution >= 0.6 is 0 Å². The van der Waals surface area contributed by atoms with Gasteiger partial charge in [0, 0.05) is 12.1 Å². The summed E-state index contributed by atoms with van der Waals surface area (Å²) in [7, 11) is 0. The zero-order valence-electron chi connectivity index (χ0n) is 16.9.